The molecule has 0 aromatic heterocycles. The molecule has 0 atom stereocenters. The number of alkyl halides is 2. The zero-order chi connectivity index (χ0) is 15.5. The third-order valence-electron chi connectivity index (χ3n) is 3.52. The topological polar surface area (TPSA) is 0 Å². The van der Waals surface area contributed by atoms with Gasteiger partial charge in [0.15, 0.2) is 0 Å². The van der Waals surface area contributed by atoms with Crippen molar-refractivity contribution >= 4 is 46.4 Å². The summed E-state index contributed by atoms with van der Waals surface area (Å²) >= 11 is 24.7. The normalized spacial score (nSPS) is 11.7. The predicted molar refractivity (Wildman–Crippen MR) is 89.7 cm³/mol. The van der Waals surface area contributed by atoms with Crippen molar-refractivity contribution < 1.29 is 4.39 Å². The second kappa shape index (κ2) is 7.19. The largest absolute Gasteiger partial charge is 0.205 e. The summed E-state index contributed by atoms with van der Waals surface area (Å²) in [6.07, 6.45) is 0.417. The van der Waals surface area contributed by atoms with Crippen molar-refractivity contribution in [2.45, 2.75) is 11.8 Å². The van der Waals surface area contributed by atoms with Crippen molar-refractivity contribution in [1.82, 2.24) is 0 Å². The quantitative estimate of drug-likeness (QED) is 0.562. The van der Waals surface area contributed by atoms with E-state index in [2.05, 4.69) is 0 Å². The minimum atomic E-state index is -0.598. The van der Waals surface area contributed by atoms with Gasteiger partial charge < -0.3 is 0 Å². The molecule has 0 nitrogen and oxygen atoms in total. The molecule has 2 aromatic carbocycles. The van der Waals surface area contributed by atoms with Crippen LogP contribution in [0, 0.1) is 5.82 Å². The number of benzene rings is 2. The molecule has 0 spiro atoms. The van der Waals surface area contributed by atoms with Gasteiger partial charge >= 0.3 is 0 Å². The maximum Gasteiger partial charge on any atom is 0.142 e. The highest BCUT2D eigenvalue weighted by molar-refractivity contribution is 6.32. The molecule has 0 heterocycles. The first-order chi connectivity index (χ1) is 10.0. The number of rotatable bonds is 5. The van der Waals surface area contributed by atoms with Crippen molar-refractivity contribution in [1.29, 1.82) is 0 Å². The summed E-state index contributed by atoms with van der Waals surface area (Å²) in [5, 5.41) is 0.690. The van der Waals surface area contributed by atoms with Crippen molar-refractivity contribution in [3.8, 4) is 0 Å². The third kappa shape index (κ3) is 3.48. The second-order valence-corrected chi connectivity index (χ2v) is 6.24. The summed E-state index contributed by atoms with van der Waals surface area (Å²) in [4.78, 5) is 0. The Kier molecular flexibility index (Phi) is 5.79. The Bertz CT molecular complexity index is 623. The van der Waals surface area contributed by atoms with E-state index in [1.165, 1.54) is 6.07 Å². The SMILES string of the molecule is Fc1cccc(CC(CCl)(CCl)c2ccccc2Cl)c1Cl. The van der Waals surface area contributed by atoms with Crippen LogP contribution in [-0.2, 0) is 11.8 Å². The van der Waals surface area contributed by atoms with Crippen molar-refractivity contribution in [2.24, 2.45) is 0 Å². The molecule has 0 bridgehead atoms. The lowest BCUT2D eigenvalue weighted by Gasteiger charge is -2.31. The molecule has 0 fully saturated rings. The van der Waals surface area contributed by atoms with Gasteiger partial charge in [-0.05, 0) is 29.7 Å². The summed E-state index contributed by atoms with van der Waals surface area (Å²) in [5.74, 6) is 0.0616. The number of hydrogen-bond donors (Lipinski definition) is 0. The van der Waals surface area contributed by atoms with E-state index in [4.69, 9.17) is 46.4 Å². The Labute approximate surface area is 143 Å². The van der Waals surface area contributed by atoms with Crippen LogP contribution in [0.3, 0.4) is 0 Å². The minimum absolute atomic E-state index is 0.101. The van der Waals surface area contributed by atoms with Crippen LogP contribution in [0.15, 0.2) is 42.5 Å². The Hall–Kier alpha value is -0.470. The Morgan fingerprint density at radius 1 is 0.905 bits per heavy atom. The van der Waals surface area contributed by atoms with Gasteiger partial charge in [0.05, 0.1) is 5.02 Å². The summed E-state index contributed by atoms with van der Waals surface area (Å²) in [7, 11) is 0. The van der Waals surface area contributed by atoms with E-state index in [0.717, 1.165) is 5.56 Å². The molecule has 2 aromatic rings. The van der Waals surface area contributed by atoms with E-state index in [9.17, 15) is 4.39 Å². The molecule has 0 aliphatic heterocycles. The fourth-order valence-electron chi connectivity index (χ4n) is 2.31. The van der Waals surface area contributed by atoms with Gasteiger partial charge in [-0.25, -0.2) is 4.39 Å². The van der Waals surface area contributed by atoms with Crippen LogP contribution in [0.4, 0.5) is 4.39 Å². The Morgan fingerprint density at radius 2 is 1.57 bits per heavy atom. The summed E-state index contributed by atoms with van der Waals surface area (Å²) in [5.41, 5.74) is 0.911. The minimum Gasteiger partial charge on any atom is -0.205 e. The first-order valence-electron chi connectivity index (χ1n) is 6.34. The molecule has 0 N–H and O–H groups in total. The third-order valence-corrected chi connectivity index (χ3v) is 5.29. The molecular formula is C16H13Cl4F. The highest BCUT2D eigenvalue weighted by Crippen LogP contribution is 2.37. The van der Waals surface area contributed by atoms with Gasteiger partial charge in [-0.15, -0.1) is 23.2 Å². The Balaban J connectivity index is 2.49. The fourth-order valence-corrected chi connectivity index (χ4v) is 3.60. The van der Waals surface area contributed by atoms with Crippen molar-refractivity contribution in [3.63, 3.8) is 0 Å². The zero-order valence-electron chi connectivity index (χ0n) is 11.1. The lowest BCUT2D eigenvalue weighted by Crippen LogP contribution is -2.34. The lowest BCUT2D eigenvalue weighted by molar-refractivity contribution is 0.533. The van der Waals surface area contributed by atoms with Crippen LogP contribution in [0.25, 0.3) is 0 Å². The zero-order valence-corrected chi connectivity index (χ0v) is 14.1. The molecule has 5 heteroatoms. The molecule has 0 unspecified atom stereocenters. The first-order valence-corrected chi connectivity index (χ1v) is 8.16. The summed E-state index contributed by atoms with van der Waals surface area (Å²) in [6.45, 7) is 0. The van der Waals surface area contributed by atoms with E-state index in [0.29, 0.717) is 17.0 Å². The van der Waals surface area contributed by atoms with Gasteiger partial charge in [-0.3, -0.25) is 0 Å². The molecule has 21 heavy (non-hydrogen) atoms. The number of halogens is 5. The van der Waals surface area contributed by atoms with E-state index < -0.39 is 11.2 Å². The van der Waals surface area contributed by atoms with Crippen molar-refractivity contribution in [3.05, 3.63) is 69.5 Å². The molecule has 0 saturated heterocycles. The van der Waals surface area contributed by atoms with Gasteiger partial charge in [-0.2, -0.15) is 0 Å². The monoisotopic (exact) mass is 364 g/mol. The second-order valence-electron chi connectivity index (χ2n) is 4.92. The lowest BCUT2D eigenvalue weighted by atomic mass is 9.78. The predicted octanol–water partition coefficient (Wildman–Crippen LogP) is 6.09. The first kappa shape index (κ1) is 16.9. The molecule has 0 saturated carbocycles. The van der Waals surface area contributed by atoms with E-state index in [-0.39, 0.29) is 16.8 Å². The van der Waals surface area contributed by atoms with Crippen LogP contribution in [0.1, 0.15) is 11.1 Å². The number of hydrogen-bond acceptors (Lipinski definition) is 0. The van der Waals surface area contributed by atoms with Crippen molar-refractivity contribution in [2.75, 3.05) is 11.8 Å². The molecular weight excluding hydrogens is 353 g/mol. The Morgan fingerprint density at radius 3 is 2.19 bits per heavy atom. The maximum atomic E-state index is 13.6. The van der Waals surface area contributed by atoms with Gasteiger partial charge in [-0.1, -0.05) is 53.5 Å². The standard InChI is InChI=1S/C16H13Cl4F/c17-9-16(10-18,12-5-1-2-6-13(12)19)8-11-4-3-7-14(21)15(11)20/h1-7H,8-10H2. The van der Waals surface area contributed by atoms with Crippen LogP contribution in [0.2, 0.25) is 10.0 Å². The molecule has 0 aliphatic rings. The van der Waals surface area contributed by atoms with E-state index >= 15 is 0 Å². The average molecular weight is 366 g/mol. The van der Waals surface area contributed by atoms with Crippen LogP contribution < -0.4 is 0 Å². The van der Waals surface area contributed by atoms with Gasteiger partial charge in [0.2, 0.25) is 0 Å². The smallest absolute Gasteiger partial charge is 0.142 e. The maximum absolute atomic E-state index is 13.6. The van der Waals surface area contributed by atoms with Crippen LogP contribution in [-0.4, -0.2) is 11.8 Å². The molecule has 0 aliphatic carbocycles. The molecule has 0 radical (unpaired) electrons. The van der Waals surface area contributed by atoms with Gasteiger partial charge in [0.1, 0.15) is 5.82 Å². The molecule has 2 rings (SSSR count). The van der Waals surface area contributed by atoms with Gasteiger partial charge in [0.25, 0.3) is 0 Å². The summed E-state index contributed by atoms with van der Waals surface area (Å²) in [6, 6.07) is 12.1. The fraction of sp³-hybridized carbons (Fsp3) is 0.250. The van der Waals surface area contributed by atoms with Gasteiger partial charge in [0, 0.05) is 22.2 Å². The van der Waals surface area contributed by atoms with Crippen LogP contribution >= 0.6 is 46.4 Å². The molecule has 112 valence electrons. The van der Waals surface area contributed by atoms with Crippen LogP contribution in [0.5, 0.6) is 0 Å². The average Bonchev–Trinajstić information content (AvgIpc) is 2.50. The van der Waals surface area contributed by atoms with E-state index in [1.807, 2.05) is 18.2 Å². The highest BCUT2D eigenvalue weighted by atomic mass is 35.5. The molecule has 0 amide bonds. The highest BCUT2D eigenvalue weighted by Gasteiger charge is 2.33. The summed E-state index contributed by atoms with van der Waals surface area (Å²) < 4.78 is 13.6. The van der Waals surface area contributed by atoms with E-state index in [1.54, 1.807) is 18.2 Å².